The zero-order valence-corrected chi connectivity index (χ0v) is 20.1. The zero-order valence-electron chi connectivity index (χ0n) is 20.1. The highest BCUT2D eigenvalue weighted by molar-refractivity contribution is 5.77. The SMILES string of the molecule is C#CCN(C(=O)Cn1c(=O)c2c(ncn2CCOC)n(Cc2ccccc2)c1=O)C1CCCCC1. The standard InChI is InChI=1S/C26H31N5O4/c1-3-14-29(21-12-8-5-9-13-21)22(32)18-31-25(33)23-24(27-19-28(23)15-16-35-2)30(26(31)34)17-20-10-6-4-7-11-20/h1,4,6-7,10-11,19,21H,5,8-9,12-18H2,2H3. The van der Waals surface area contributed by atoms with Crippen LogP contribution in [0, 0.1) is 12.3 Å². The van der Waals surface area contributed by atoms with Crippen molar-refractivity contribution in [2.24, 2.45) is 0 Å². The molecule has 1 saturated carbocycles. The number of hydrogen-bond acceptors (Lipinski definition) is 5. The van der Waals surface area contributed by atoms with Crippen molar-refractivity contribution in [2.75, 3.05) is 20.3 Å². The second-order valence-corrected chi connectivity index (χ2v) is 8.87. The van der Waals surface area contributed by atoms with Crippen LogP contribution in [-0.4, -0.2) is 55.8 Å². The van der Waals surface area contributed by atoms with Crippen LogP contribution in [0.3, 0.4) is 0 Å². The Morgan fingerprint density at radius 1 is 1.17 bits per heavy atom. The molecule has 0 unspecified atom stereocenters. The van der Waals surface area contributed by atoms with Gasteiger partial charge in [-0.25, -0.2) is 14.3 Å². The summed E-state index contributed by atoms with van der Waals surface area (Å²) in [6.07, 6.45) is 12.1. The first kappa shape index (κ1) is 24.5. The molecule has 2 aromatic heterocycles. The van der Waals surface area contributed by atoms with E-state index in [-0.39, 0.29) is 42.7 Å². The molecule has 1 amide bonds. The molecule has 1 aromatic carbocycles. The van der Waals surface area contributed by atoms with E-state index in [1.165, 1.54) is 10.9 Å². The second kappa shape index (κ2) is 11.2. The molecule has 2 heterocycles. The van der Waals surface area contributed by atoms with E-state index in [2.05, 4.69) is 10.9 Å². The van der Waals surface area contributed by atoms with Crippen LogP contribution in [0.1, 0.15) is 37.7 Å². The number of carbonyl (C=O) groups excluding carboxylic acids is 1. The first-order valence-corrected chi connectivity index (χ1v) is 12.0. The molecular weight excluding hydrogens is 446 g/mol. The highest BCUT2D eigenvalue weighted by atomic mass is 16.5. The second-order valence-electron chi connectivity index (χ2n) is 8.87. The number of terminal acetylenes is 1. The molecule has 9 heteroatoms. The van der Waals surface area contributed by atoms with E-state index in [0.29, 0.717) is 13.2 Å². The normalized spacial score (nSPS) is 14.2. The maximum atomic E-state index is 13.6. The molecule has 1 aliphatic rings. The third-order valence-electron chi connectivity index (χ3n) is 6.59. The molecule has 1 aliphatic carbocycles. The molecule has 1 fully saturated rings. The van der Waals surface area contributed by atoms with Gasteiger partial charge in [0.05, 0.1) is 26.0 Å². The van der Waals surface area contributed by atoms with Crippen LogP contribution in [-0.2, 0) is 29.2 Å². The Morgan fingerprint density at radius 3 is 2.60 bits per heavy atom. The average Bonchev–Trinajstić information content (AvgIpc) is 3.31. The minimum atomic E-state index is -0.569. The first-order chi connectivity index (χ1) is 17.0. The van der Waals surface area contributed by atoms with Gasteiger partial charge in [-0.1, -0.05) is 55.5 Å². The summed E-state index contributed by atoms with van der Waals surface area (Å²) in [6, 6.07) is 9.50. The fourth-order valence-electron chi connectivity index (χ4n) is 4.78. The van der Waals surface area contributed by atoms with Crippen molar-refractivity contribution >= 4 is 17.1 Å². The highest BCUT2D eigenvalue weighted by Crippen LogP contribution is 2.22. The molecule has 0 spiro atoms. The Labute approximate surface area is 203 Å². The average molecular weight is 478 g/mol. The van der Waals surface area contributed by atoms with Gasteiger partial charge in [0.25, 0.3) is 5.56 Å². The molecule has 0 radical (unpaired) electrons. The van der Waals surface area contributed by atoms with Crippen LogP contribution in [0.2, 0.25) is 0 Å². The van der Waals surface area contributed by atoms with E-state index in [9.17, 15) is 14.4 Å². The third kappa shape index (κ3) is 5.23. The van der Waals surface area contributed by atoms with Crippen molar-refractivity contribution in [3.05, 3.63) is 63.1 Å². The van der Waals surface area contributed by atoms with Crippen LogP contribution in [0.15, 0.2) is 46.2 Å². The van der Waals surface area contributed by atoms with Crippen molar-refractivity contribution in [1.29, 1.82) is 0 Å². The fraction of sp³-hybridized carbons (Fsp3) is 0.462. The van der Waals surface area contributed by atoms with Crippen LogP contribution >= 0.6 is 0 Å². The number of carbonyl (C=O) groups is 1. The monoisotopic (exact) mass is 477 g/mol. The van der Waals surface area contributed by atoms with Gasteiger partial charge in [0.1, 0.15) is 6.54 Å². The Morgan fingerprint density at radius 2 is 1.91 bits per heavy atom. The lowest BCUT2D eigenvalue weighted by atomic mass is 9.94. The summed E-state index contributed by atoms with van der Waals surface area (Å²) in [5, 5.41) is 0. The summed E-state index contributed by atoms with van der Waals surface area (Å²) in [4.78, 5) is 46.5. The van der Waals surface area contributed by atoms with Gasteiger partial charge in [-0.3, -0.25) is 14.2 Å². The van der Waals surface area contributed by atoms with Crippen molar-refractivity contribution in [3.63, 3.8) is 0 Å². The van der Waals surface area contributed by atoms with E-state index >= 15 is 0 Å². The van der Waals surface area contributed by atoms with Crippen LogP contribution in [0.25, 0.3) is 11.2 Å². The number of hydrogen-bond donors (Lipinski definition) is 0. The van der Waals surface area contributed by atoms with Gasteiger partial charge in [0.2, 0.25) is 5.91 Å². The number of fused-ring (bicyclic) bond motifs is 1. The number of methoxy groups -OCH3 is 1. The smallest absolute Gasteiger partial charge is 0.333 e. The Balaban J connectivity index is 1.78. The number of benzene rings is 1. The largest absolute Gasteiger partial charge is 0.383 e. The van der Waals surface area contributed by atoms with Crippen molar-refractivity contribution in [2.45, 2.75) is 57.8 Å². The van der Waals surface area contributed by atoms with Gasteiger partial charge < -0.3 is 14.2 Å². The number of aromatic nitrogens is 4. The van der Waals surface area contributed by atoms with Crippen LogP contribution in [0.4, 0.5) is 0 Å². The molecule has 0 atom stereocenters. The lowest BCUT2D eigenvalue weighted by molar-refractivity contribution is -0.134. The van der Waals surface area contributed by atoms with Gasteiger partial charge in [-0.15, -0.1) is 6.42 Å². The minimum absolute atomic E-state index is 0.0329. The van der Waals surface area contributed by atoms with E-state index < -0.39 is 11.2 Å². The summed E-state index contributed by atoms with van der Waals surface area (Å²) in [6.45, 7) is 0.785. The van der Waals surface area contributed by atoms with Crippen LogP contribution < -0.4 is 11.2 Å². The van der Waals surface area contributed by atoms with Gasteiger partial charge >= 0.3 is 5.69 Å². The molecule has 35 heavy (non-hydrogen) atoms. The van der Waals surface area contributed by atoms with Gasteiger partial charge in [-0.05, 0) is 18.4 Å². The summed E-state index contributed by atoms with van der Waals surface area (Å²) in [7, 11) is 1.58. The van der Waals surface area contributed by atoms with Crippen molar-refractivity contribution in [3.8, 4) is 12.3 Å². The molecule has 184 valence electrons. The summed E-state index contributed by atoms with van der Waals surface area (Å²) >= 11 is 0. The van der Waals surface area contributed by atoms with Crippen LogP contribution in [0.5, 0.6) is 0 Å². The Bertz CT molecular complexity index is 1330. The fourth-order valence-corrected chi connectivity index (χ4v) is 4.78. The number of amides is 1. The molecule has 9 nitrogen and oxygen atoms in total. The predicted molar refractivity (Wildman–Crippen MR) is 133 cm³/mol. The first-order valence-electron chi connectivity index (χ1n) is 12.0. The molecule has 3 aromatic rings. The molecule has 0 aliphatic heterocycles. The van der Waals surface area contributed by atoms with Crippen molar-refractivity contribution in [1.82, 2.24) is 23.6 Å². The molecular formula is C26H31N5O4. The van der Waals surface area contributed by atoms with E-state index in [1.54, 1.807) is 16.6 Å². The summed E-state index contributed by atoms with van der Waals surface area (Å²) in [5.41, 5.74) is 0.333. The maximum Gasteiger partial charge on any atom is 0.333 e. The molecule has 0 saturated heterocycles. The Kier molecular flexibility index (Phi) is 7.83. The van der Waals surface area contributed by atoms with E-state index in [4.69, 9.17) is 11.2 Å². The summed E-state index contributed by atoms with van der Waals surface area (Å²) < 4.78 is 9.31. The number of rotatable bonds is 9. The van der Waals surface area contributed by atoms with Gasteiger partial charge in [0.15, 0.2) is 11.2 Å². The van der Waals surface area contributed by atoms with Gasteiger partial charge in [0, 0.05) is 19.7 Å². The molecule has 0 N–H and O–H groups in total. The number of nitrogens with zero attached hydrogens (tertiary/aromatic N) is 5. The zero-order chi connectivity index (χ0) is 24.8. The number of ether oxygens (including phenoxy) is 1. The summed E-state index contributed by atoms with van der Waals surface area (Å²) in [5.74, 6) is 2.25. The van der Waals surface area contributed by atoms with Crippen molar-refractivity contribution < 1.29 is 9.53 Å². The predicted octanol–water partition coefficient (Wildman–Crippen LogP) is 1.85. The van der Waals surface area contributed by atoms with Gasteiger partial charge in [-0.2, -0.15) is 0 Å². The third-order valence-corrected chi connectivity index (χ3v) is 6.59. The lowest BCUT2D eigenvalue weighted by Crippen LogP contribution is -2.48. The Hall–Kier alpha value is -3.64. The van der Waals surface area contributed by atoms with E-state index in [0.717, 1.165) is 42.2 Å². The topological polar surface area (TPSA) is 91.4 Å². The quantitative estimate of drug-likeness (QED) is 0.439. The van der Waals surface area contributed by atoms with E-state index in [1.807, 2.05) is 30.3 Å². The minimum Gasteiger partial charge on any atom is -0.383 e. The lowest BCUT2D eigenvalue weighted by Gasteiger charge is -2.33. The number of imidazole rings is 1. The molecule has 0 bridgehead atoms. The molecule has 4 rings (SSSR count). The highest BCUT2D eigenvalue weighted by Gasteiger charge is 2.27. The maximum absolute atomic E-state index is 13.6.